The Bertz CT molecular complexity index is 160. The molecule has 0 unspecified atom stereocenters. The van der Waals surface area contributed by atoms with E-state index in [4.69, 9.17) is 9.47 Å². The molecule has 1 aliphatic rings. The number of hydrogen-bond donors (Lipinski definition) is 1. The zero-order chi connectivity index (χ0) is 11.1. The Kier molecular flexibility index (Phi) is 5.58. The van der Waals surface area contributed by atoms with Crippen LogP contribution in [0.25, 0.3) is 0 Å². The zero-order valence-electron chi connectivity index (χ0n) is 10.00. The Morgan fingerprint density at radius 1 is 1.13 bits per heavy atom. The van der Waals surface area contributed by atoms with Crippen LogP contribution < -0.4 is 0 Å². The van der Waals surface area contributed by atoms with Crippen molar-refractivity contribution >= 4 is 0 Å². The average Bonchev–Trinajstić information content (AvgIpc) is 2.77. The van der Waals surface area contributed by atoms with E-state index in [1.165, 1.54) is 0 Å². The van der Waals surface area contributed by atoms with Crippen molar-refractivity contribution in [3.05, 3.63) is 0 Å². The van der Waals surface area contributed by atoms with Gasteiger partial charge in [-0.15, -0.1) is 0 Å². The molecule has 0 bridgehead atoms. The van der Waals surface area contributed by atoms with Gasteiger partial charge in [0, 0.05) is 0 Å². The smallest absolute Gasteiger partial charge is 0.157 e. The lowest BCUT2D eigenvalue weighted by Gasteiger charge is -2.25. The molecule has 1 N–H and O–H groups in total. The Morgan fingerprint density at radius 2 is 1.73 bits per heavy atom. The molecular weight excluding hydrogens is 192 g/mol. The molecule has 1 saturated heterocycles. The van der Waals surface area contributed by atoms with Gasteiger partial charge < -0.3 is 14.6 Å². The van der Waals surface area contributed by atoms with Gasteiger partial charge in [0.2, 0.25) is 0 Å². The summed E-state index contributed by atoms with van der Waals surface area (Å²) in [7, 11) is 0. The zero-order valence-corrected chi connectivity index (χ0v) is 10.00. The van der Waals surface area contributed by atoms with Gasteiger partial charge in [-0.25, -0.2) is 0 Å². The second kappa shape index (κ2) is 6.46. The van der Waals surface area contributed by atoms with Gasteiger partial charge in [0.05, 0.1) is 18.8 Å². The van der Waals surface area contributed by atoms with E-state index in [0.717, 1.165) is 51.7 Å². The molecule has 0 aromatic rings. The van der Waals surface area contributed by atoms with Gasteiger partial charge in [-0.2, -0.15) is 0 Å². The summed E-state index contributed by atoms with van der Waals surface area (Å²) in [6, 6.07) is 0. The van der Waals surface area contributed by atoms with Gasteiger partial charge >= 0.3 is 0 Å². The minimum atomic E-state index is -0.447. The molecule has 90 valence electrons. The van der Waals surface area contributed by atoms with Gasteiger partial charge in [0.1, 0.15) is 0 Å². The number of aliphatic hydroxyl groups is 1. The normalized spacial score (nSPS) is 18.6. The lowest BCUT2D eigenvalue weighted by molar-refractivity contribution is -0.0496. The van der Waals surface area contributed by atoms with E-state index in [-0.39, 0.29) is 6.29 Å². The Balaban J connectivity index is 2.04. The number of rotatable bonds is 7. The van der Waals surface area contributed by atoms with E-state index in [1.807, 2.05) is 13.8 Å². The third kappa shape index (κ3) is 4.49. The summed E-state index contributed by atoms with van der Waals surface area (Å²) in [5.74, 6) is 0. The monoisotopic (exact) mass is 216 g/mol. The van der Waals surface area contributed by atoms with E-state index in [0.29, 0.717) is 0 Å². The van der Waals surface area contributed by atoms with Crippen LogP contribution in [0.3, 0.4) is 0 Å². The summed E-state index contributed by atoms with van der Waals surface area (Å²) in [5, 5.41) is 10.1. The summed E-state index contributed by atoms with van der Waals surface area (Å²) < 4.78 is 10.7. The molecule has 3 nitrogen and oxygen atoms in total. The molecule has 3 heteroatoms. The highest BCUT2D eigenvalue weighted by atomic mass is 16.7. The maximum Gasteiger partial charge on any atom is 0.157 e. The Hall–Kier alpha value is -0.120. The molecule has 0 saturated carbocycles. The van der Waals surface area contributed by atoms with Crippen LogP contribution in [0, 0.1) is 0 Å². The van der Waals surface area contributed by atoms with Crippen LogP contribution in [0.15, 0.2) is 0 Å². The molecule has 0 spiro atoms. The third-order valence-electron chi connectivity index (χ3n) is 3.34. The molecule has 0 aromatic carbocycles. The number of ether oxygens (including phenoxy) is 2. The summed E-state index contributed by atoms with van der Waals surface area (Å²) in [5.41, 5.74) is -0.447. The molecule has 15 heavy (non-hydrogen) atoms. The quantitative estimate of drug-likeness (QED) is 0.664. The maximum absolute atomic E-state index is 10.1. The highest BCUT2D eigenvalue weighted by Crippen LogP contribution is 2.23. The standard InChI is InChI=1S/C12H24O3/c1-3-12(13,4-2)8-6-5-7-11-14-9-10-15-11/h11,13H,3-10H2,1-2H3. The molecule has 0 aliphatic carbocycles. The van der Waals surface area contributed by atoms with Crippen LogP contribution in [0.5, 0.6) is 0 Å². The molecule has 1 heterocycles. The van der Waals surface area contributed by atoms with Crippen LogP contribution in [0.2, 0.25) is 0 Å². The predicted octanol–water partition coefficient (Wildman–Crippen LogP) is 2.47. The highest BCUT2D eigenvalue weighted by Gasteiger charge is 2.22. The van der Waals surface area contributed by atoms with Crippen molar-refractivity contribution in [3.63, 3.8) is 0 Å². The first kappa shape index (κ1) is 12.9. The molecule has 1 fully saturated rings. The second-order valence-corrected chi connectivity index (χ2v) is 4.35. The Morgan fingerprint density at radius 3 is 2.27 bits per heavy atom. The van der Waals surface area contributed by atoms with Crippen LogP contribution in [-0.2, 0) is 9.47 Å². The van der Waals surface area contributed by atoms with Gasteiger partial charge in [-0.1, -0.05) is 20.3 Å². The van der Waals surface area contributed by atoms with Gasteiger partial charge in [0.25, 0.3) is 0 Å². The largest absolute Gasteiger partial charge is 0.390 e. The first-order valence-electron chi connectivity index (χ1n) is 6.16. The molecule has 1 aliphatic heterocycles. The molecule has 0 aromatic heterocycles. The van der Waals surface area contributed by atoms with Crippen molar-refractivity contribution in [2.45, 2.75) is 64.3 Å². The van der Waals surface area contributed by atoms with Crippen LogP contribution in [-0.4, -0.2) is 30.2 Å². The molecular formula is C12H24O3. The van der Waals surface area contributed by atoms with Gasteiger partial charge in [0.15, 0.2) is 6.29 Å². The molecule has 0 atom stereocenters. The van der Waals surface area contributed by atoms with Crippen molar-refractivity contribution in [3.8, 4) is 0 Å². The van der Waals surface area contributed by atoms with E-state index in [9.17, 15) is 5.11 Å². The maximum atomic E-state index is 10.1. The van der Waals surface area contributed by atoms with Gasteiger partial charge in [-0.05, 0) is 32.1 Å². The van der Waals surface area contributed by atoms with Crippen molar-refractivity contribution in [2.75, 3.05) is 13.2 Å². The second-order valence-electron chi connectivity index (χ2n) is 4.35. The number of unbranched alkanes of at least 4 members (excludes halogenated alkanes) is 1. The van der Waals surface area contributed by atoms with Crippen molar-refractivity contribution < 1.29 is 14.6 Å². The van der Waals surface area contributed by atoms with Crippen LogP contribution in [0.4, 0.5) is 0 Å². The SMILES string of the molecule is CCC(O)(CC)CCCCC1OCCO1. The minimum Gasteiger partial charge on any atom is -0.390 e. The third-order valence-corrected chi connectivity index (χ3v) is 3.34. The van der Waals surface area contributed by atoms with Crippen LogP contribution in [0.1, 0.15) is 52.4 Å². The lowest BCUT2D eigenvalue weighted by Crippen LogP contribution is -2.26. The summed E-state index contributed by atoms with van der Waals surface area (Å²) in [4.78, 5) is 0. The fourth-order valence-corrected chi connectivity index (χ4v) is 1.94. The summed E-state index contributed by atoms with van der Waals surface area (Å²) >= 11 is 0. The minimum absolute atomic E-state index is 0.0151. The molecule has 0 amide bonds. The van der Waals surface area contributed by atoms with Crippen molar-refractivity contribution in [1.29, 1.82) is 0 Å². The first-order chi connectivity index (χ1) is 7.20. The fraction of sp³-hybridized carbons (Fsp3) is 1.00. The summed E-state index contributed by atoms with van der Waals surface area (Å²) in [6.07, 6.45) is 5.70. The fourth-order valence-electron chi connectivity index (χ4n) is 1.94. The highest BCUT2D eigenvalue weighted by molar-refractivity contribution is 4.74. The molecule has 1 rings (SSSR count). The summed E-state index contributed by atoms with van der Waals surface area (Å²) in [6.45, 7) is 5.57. The predicted molar refractivity (Wildman–Crippen MR) is 59.7 cm³/mol. The average molecular weight is 216 g/mol. The van der Waals surface area contributed by atoms with Crippen LogP contribution >= 0.6 is 0 Å². The first-order valence-corrected chi connectivity index (χ1v) is 6.16. The van der Waals surface area contributed by atoms with E-state index < -0.39 is 5.60 Å². The lowest BCUT2D eigenvalue weighted by atomic mass is 9.91. The van der Waals surface area contributed by atoms with Crippen molar-refractivity contribution in [1.82, 2.24) is 0 Å². The molecule has 0 radical (unpaired) electrons. The number of hydrogen-bond acceptors (Lipinski definition) is 3. The Labute approximate surface area is 92.8 Å². The van der Waals surface area contributed by atoms with Crippen molar-refractivity contribution in [2.24, 2.45) is 0 Å². The van der Waals surface area contributed by atoms with Gasteiger partial charge in [-0.3, -0.25) is 0 Å². The topological polar surface area (TPSA) is 38.7 Å². The van der Waals surface area contributed by atoms with E-state index >= 15 is 0 Å². The van der Waals surface area contributed by atoms with E-state index in [1.54, 1.807) is 0 Å². The van der Waals surface area contributed by atoms with E-state index in [2.05, 4.69) is 0 Å².